The van der Waals surface area contributed by atoms with E-state index >= 15 is 0 Å². The monoisotopic (exact) mass is 354 g/mol. The first-order chi connectivity index (χ1) is 11.4. The van der Waals surface area contributed by atoms with Crippen LogP contribution in [0.3, 0.4) is 0 Å². The van der Waals surface area contributed by atoms with E-state index in [-0.39, 0.29) is 36.1 Å². The number of carbonyl (C=O) groups is 1. The molecule has 1 amide bonds. The summed E-state index contributed by atoms with van der Waals surface area (Å²) in [6.45, 7) is 0.280. The number of aromatic nitrogens is 2. The second-order valence-electron chi connectivity index (χ2n) is 7.09. The molecule has 2 atom stereocenters. The lowest BCUT2D eigenvalue weighted by Crippen LogP contribution is -2.35. The third-order valence-corrected chi connectivity index (χ3v) is 6.83. The smallest absolute Gasteiger partial charge is 0.223 e. The maximum absolute atomic E-state index is 12.3. The van der Waals surface area contributed by atoms with Gasteiger partial charge in [0.05, 0.1) is 11.8 Å². The molecular weight excluding hydrogens is 328 g/mol. The fourth-order valence-corrected chi connectivity index (χ4v) is 5.50. The molecule has 0 spiro atoms. The summed E-state index contributed by atoms with van der Waals surface area (Å²) in [6, 6.07) is -0.188. The van der Waals surface area contributed by atoms with Crippen LogP contribution in [-0.4, -0.2) is 48.1 Å². The lowest BCUT2D eigenvalue weighted by Gasteiger charge is -2.24. The van der Waals surface area contributed by atoms with Gasteiger partial charge < -0.3 is 9.47 Å². The average molecular weight is 354 g/mol. The summed E-state index contributed by atoms with van der Waals surface area (Å²) in [5, 5.41) is 0. The standard InChI is InChI=1S/C16H26N4O3S/c1-19-8-7-17-16(19)15-13(9-14(21)20(15)2)10-18-24(22,23)11-12-5-3-4-6-12/h7-8,12-13,15,18H,3-6,9-11H2,1-2H3/t13-,15+/m0/s1. The van der Waals surface area contributed by atoms with E-state index in [1.807, 2.05) is 17.8 Å². The molecule has 2 heterocycles. The third-order valence-electron chi connectivity index (χ3n) is 5.31. The van der Waals surface area contributed by atoms with Gasteiger partial charge in [-0.3, -0.25) is 4.79 Å². The van der Waals surface area contributed by atoms with Crippen molar-refractivity contribution < 1.29 is 13.2 Å². The fourth-order valence-electron chi connectivity index (χ4n) is 3.96. The van der Waals surface area contributed by atoms with Crippen LogP contribution < -0.4 is 4.72 Å². The Labute approximate surface area is 143 Å². The van der Waals surface area contributed by atoms with E-state index < -0.39 is 10.0 Å². The van der Waals surface area contributed by atoms with Gasteiger partial charge in [-0.2, -0.15) is 0 Å². The Morgan fingerprint density at radius 3 is 2.62 bits per heavy atom. The highest BCUT2D eigenvalue weighted by molar-refractivity contribution is 7.89. The summed E-state index contributed by atoms with van der Waals surface area (Å²) in [5.74, 6) is 1.21. The van der Waals surface area contributed by atoms with Crippen LogP contribution in [0, 0.1) is 11.8 Å². The van der Waals surface area contributed by atoms with Gasteiger partial charge in [-0.1, -0.05) is 12.8 Å². The molecule has 1 N–H and O–H groups in total. The summed E-state index contributed by atoms with van der Waals surface area (Å²) in [7, 11) is 0.351. The van der Waals surface area contributed by atoms with Crippen LogP contribution in [0.25, 0.3) is 0 Å². The zero-order valence-electron chi connectivity index (χ0n) is 14.3. The van der Waals surface area contributed by atoms with E-state index in [0.29, 0.717) is 6.42 Å². The molecule has 0 bridgehead atoms. The summed E-state index contributed by atoms with van der Waals surface area (Å²) < 4.78 is 29.3. The number of likely N-dealkylation sites (tertiary alicyclic amines) is 1. The molecular formula is C16H26N4O3S. The molecule has 3 rings (SSSR count). The van der Waals surface area contributed by atoms with Crippen LogP contribution in [0.2, 0.25) is 0 Å². The van der Waals surface area contributed by atoms with Crippen LogP contribution >= 0.6 is 0 Å². The number of nitrogens with zero attached hydrogens (tertiary/aromatic N) is 3. The van der Waals surface area contributed by atoms with Crippen molar-refractivity contribution in [3.63, 3.8) is 0 Å². The van der Waals surface area contributed by atoms with Crippen LogP contribution in [0.4, 0.5) is 0 Å². The number of hydrogen-bond donors (Lipinski definition) is 1. The SMILES string of the molecule is CN1C(=O)C[C@@H](CNS(=O)(=O)CC2CCCC2)[C@@H]1c1nccn1C. The van der Waals surface area contributed by atoms with Gasteiger partial charge in [-0.05, 0) is 18.8 Å². The molecule has 1 saturated carbocycles. The zero-order valence-corrected chi connectivity index (χ0v) is 15.1. The number of carbonyl (C=O) groups excluding carboxylic acids is 1. The fraction of sp³-hybridized carbons (Fsp3) is 0.750. The van der Waals surface area contributed by atoms with Gasteiger partial charge in [0.15, 0.2) is 0 Å². The van der Waals surface area contributed by atoms with Gasteiger partial charge in [0.1, 0.15) is 5.82 Å². The lowest BCUT2D eigenvalue weighted by molar-refractivity contribution is -0.127. The van der Waals surface area contributed by atoms with E-state index in [2.05, 4.69) is 9.71 Å². The van der Waals surface area contributed by atoms with Crippen molar-refractivity contribution in [1.82, 2.24) is 19.2 Å². The van der Waals surface area contributed by atoms with Crippen LogP contribution in [0.15, 0.2) is 12.4 Å². The van der Waals surface area contributed by atoms with E-state index in [4.69, 9.17) is 0 Å². The van der Waals surface area contributed by atoms with E-state index in [1.165, 1.54) is 0 Å². The highest BCUT2D eigenvalue weighted by Gasteiger charge is 2.41. The maximum atomic E-state index is 12.3. The largest absolute Gasteiger partial charge is 0.336 e. The molecule has 0 unspecified atom stereocenters. The minimum absolute atomic E-state index is 0.0305. The third kappa shape index (κ3) is 3.64. The Morgan fingerprint density at radius 2 is 2.00 bits per heavy atom. The second-order valence-corrected chi connectivity index (χ2v) is 8.94. The molecule has 1 aromatic rings. The van der Waals surface area contributed by atoms with Crippen molar-refractivity contribution in [2.24, 2.45) is 18.9 Å². The average Bonchev–Trinajstić information content (AvgIpc) is 3.21. The number of hydrogen-bond acceptors (Lipinski definition) is 4. The molecule has 8 heteroatoms. The van der Waals surface area contributed by atoms with Gasteiger partial charge in [0, 0.05) is 45.4 Å². The first-order valence-electron chi connectivity index (χ1n) is 8.57. The highest BCUT2D eigenvalue weighted by Crippen LogP contribution is 2.35. The normalized spacial score (nSPS) is 25.8. The van der Waals surface area contributed by atoms with Crippen LogP contribution in [-0.2, 0) is 21.9 Å². The maximum Gasteiger partial charge on any atom is 0.223 e. The molecule has 0 aromatic carbocycles. The number of sulfonamides is 1. The first kappa shape index (κ1) is 17.4. The lowest BCUT2D eigenvalue weighted by atomic mass is 10.00. The number of aryl methyl sites for hydroxylation is 1. The number of nitrogens with one attached hydrogen (secondary N) is 1. The molecule has 134 valence electrons. The van der Waals surface area contributed by atoms with E-state index in [9.17, 15) is 13.2 Å². The van der Waals surface area contributed by atoms with Crippen molar-refractivity contribution in [2.45, 2.75) is 38.1 Å². The van der Waals surface area contributed by atoms with E-state index in [1.54, 1.807) is 18.1 Å². The Morgan fingerprint density at radius 1 is 1.29 bits per heavy atom. The molecule has 24 heavy (non-hydrogen) atoms. The van der Waals surface area contributed by atoms with Gasteiger partial charge in [0.2, 0.25) is 15.9 Å². The molecule has 2 fully saturated rings. The van der Waals surface area contributed by atoms with Crippen molar-refractivity contribution >= 4 is 15.9 Å². The minimum Gasteiger partial charge on any atom is -0.336 e. The van der Waals surface area contributed by atoms with Crippen LogP contribution in [0.1, 0.15) is 44.0 Å². The minimum atomic E-state index is -3.30. The number of imidazole rings is 1. The zero-order chi connectivity index (χ0) is 17.3. The number of amides is 1. The Bertz CT molecular complexity index is 694. The predicted octanol–water partition coefficient (Wildman–Crippen LogP) is 1.05. The molecule has 7 nitrogen and oxygen atoms in total. The van der Waals surface area contributed by atoms with Gasteiger partial charge >= 0.3 is 0 Å². The molecule has 2 aliphatic rings. The molecule has 1 aliphatic carbocycles. The van der Waals surface area contributed by atoms with Crippen molar-refractivity contribution in [2.75, 3.05) is 19.3 Å². The molecule has 1 aliphatic heterocycles. The molecule has 0 radical (unpaired) electrons. The summed E-state index contributed by atoms with van der Waals surface area (Å²) in [5.41, 5.74) is 0. The first-order valence-corrected chi connectivity index (χ1v) is 10.2. The van der Waals surface area contributed by atoms with Gasteiger partial charge in [0.25, 0.3) is 0 Å². The van der Waals surface area contributed by atoms with E-state index in [0.717, 1.165) is 31.5 Å². The summed E-state index contributed by atoms with van der Waals surface area (Å²) in [4.78, 5) is 18.1. The van der Waals surface area contributed by atoms with Gasteiger partial charge in [-0.25, -0.2) is 18.1 Å². The molecule has 1 saturated heterocycles. The topological polar surface area (TPSA) is 84.3 Å². The Hall–Kier alpha value is -1.41. The quantitative estimate of drug-likeness (QED) is 0.827. The number of rotatable bonds is 6. The van der Waals surface area contributed by atoms with Crippen molar-refractivity contribution in [3.05, 3.63) is 18.2 Å². The van der Waals surface area contributed by atoms with Gasteiger partial charge in [-0.15, -0.1) is 0 Å². The Balaban J connectivity index is 1.66. The summed E-state index contributed by atoms with van der Waals surface area (Å²) in [6.07, 6.45) is 8.15. The summed E-state index contributed by atoms with van der Waals surface area (Å²) >= 11 is 0. The van der Waals surface area contributed by atoms with Crippen molar-refractivity contribution in [3.8, 4) is 0 Å². The second kappa shape index (κ2) is 6.84. The Kier molecular flexibility index (Phi) is 4.96. The van der Waals surface area contributed by atoms with Crippen molar-refractivity contribution in [1.29, 1.82) is 0 Å². The predicted molar refractivity (Wildman–Crippen MR) is 90.6 cm³/mol. The van der Waals surface area contributed by atoms with Crippen LogP contribution in [0.5, 0.6) is 0 Å². The highest BCUT2D eigenvalue weighted by atomic mass is 32.2. The molecule has 1 aromatic heterocycles.